The molecule has 0 bridgehead atoms. The highest BCUT2D eigenvalue weighted by Crippen LogP contribution is 2.16. The summed E-state index contributed by atoms with van der Waals surface area (Å²) >= 11 is 5.95. The van der Waals surface area contributed by atoms with Crippen molar-refractivity contribution in [2.24, 2.45) is 5.92 Å². The predicted molar refractivity (Wildman–Crippen MR) is 68.5 cm³/mol. The van der Waals surface area contributed by atoms with Crippen LogP contribution in [0.1, 0.15) is 20.3 Å². The van der Waals surface area contributed by atoms with E-state index in [1.165, 1.54) is 4.68 Å². The van der Waals surface area contributed by atoms with Crippen molar-refractivity contribution >= 4 is 17.3 Å². The summed E-state index contributed by atoms with van der Waals surface area (Å²) in [7, 11) is 0. The van der Waals surface area contributed by atoms with Gasteiger partial charge in [-0.2, -0.15) is 5.10 Å². The van der Waals surface area contributed by atoms with Crippen LogP contribution < -0.4 is 10.9 Å². The van der Waals surface area contributed by atoms with E-state index in [0.29, 0.717) is 31.1 Å². The molecule has 0 spiro atoms. The lowest BCUT2D eigenvalue weighted by atomic mass is 10.1. The van der Waals surface area contributed by atoms with Gasteiger partial charge in [-0.25, -0.2) is 4.68 Å². The van der Waals surface area contributed by atoms with Crippen LogP contribution in [0.25, 0.3) is 0 Å². The molecule has 0 radical (unpaired) electrons. The molecule has 0 fully saturated rings. The number of aliphatic hydroxyl groups excluding tert-OH is 1. The number of nitrogens with zero attached hydrogens (tertiary/aromatic N) is 2. The van der Waals surface area contributed by atoms with Gasteiger partial charge in [0.05, 0.1) is 11.9 Å². The summed E-state index contributed by atoms with van der Waals surface area (Å²) in [6.45, 7) is 5.16. The van der Waals surface area contributed by atoms with Gasteiger partial charge in [0, 0.05) is 19.7 Å². The van der Waals surface area contributed by atoms with Crippen molar-refractivity contribution in [1.29, 1.82) is 0 Å². The maximum atomic E-state index is 11.7. The van der Waals surface area contributed by atoms with Gasteiger partial charge in [-0.1, -0.05) is 18.5 Å². The Hall–Kier alpha value is -1.07. The van der Waals surface area contributed by atoms with Crippen molar-refractivity contribution in [3.63, 3.8) is 0 Å². The Morgan fingerprint density at radius 2 is 2.35 bits per heavy atom. The van der Waals surface area contributed by atoms with Crippen molar-refractivity contribution < 1.29 is 5.11 Å². The average molecular weight is 260 g/mol. The third-order valence-corrected chi connectivity index (χ3v) is 2.91. The van der Waals surface area contributed by atoms with Gasteiger partial charge >= 0.3 is 0 Å². The van der Waals surface area contributed by atoms with E-state index in [4.69, 9.17) is 16.7 Å². The summed E-state index contributed by atoms with van der Waals surface area (Å²) in [5.41, 5.74) is 0.264. The van der Waals surface area contributed by atoms with E-state index < -0.39 is 0 Å². The first-order valence-corrected chi connectivity index (χ1v) is 6.08. The van der Waals surface area contributed by atoms with Crippen LogP contribution in [0.3, 0.4) is 0 Å². The maximum Gasteiger partial charge on any atom is 0.287 e. The Labute approximate surface area is 105 Å². The molecule has 1 aromatic rings. The van der Waals surface area contributed by atoms with E-state index >= 15 is 0 Å². The zero-order chi connectivity index (χ0) is 12.8. The van der Waals surface area contributed by atoms with Crippen LogP contribution in [0, 0.1) is 5.92 Å². The molecule has 1 atom stereocenters. The van der Waals surface area contributed by atoms with Crippen molar-refractivity contribution in [1.82, 2.24) is 9.78 Å². The number of rotatable bonds is 6. The number of aromatic nitrogens is 2. The standard InChI is InChI=1S/C11H18ClN3O2/c1-3-15-11(17)10(12)9(7-14-15)13-6-8(2)4-5-16/h7-8,13,16H,3-6H2,1-2H3. The summed E-state index contributed by atoms with van der Waals surface area (Å²) < 4.78 is 1.31. The van der Waals surface area contributed by atoms with Crippen LogP contribution in [-0.2, 0) is 6.54 Å². The van der Waals surface area contributed by atoms with Crippen molar-refractivity contribution in [3.05, 3.63) is 21.6 Å². The number of nitrogens with one attached hydrogen (secondary N) is 1. The molecule has 0 aliphatic rings. The smallest absolute Gasteiger partial charge is 0.287 e. The fraction of sp³-hybridized carbons (Fsp3) is 0.636. The third kappa shape index (κ3) is 3.71. The van der Waals surface area contributed by atoms with Gasteiger partial charge in [0.1, 0.15) is 5.02 Å². The summed E-state index contributed by atoms with van der Waals surface area (Å²) in [6.07, 6.45) is 2.27. The second-order valence-corrected chi connectivity index (χ2v) is 4.37. The highest BCUT2D eigenvalue weighted by molar-refractivity contribution is 6.32. The van der Waals surface area contributed by atoms with Gasteiger partial charge in [-0.3, -0.25) is 4.79 Å². The minimum Gasteiger partial charge on any atom is -0.396 e. The fourth-order valence-corrected chi connectivity index (χ4v) is 1.63. The molecule has 0 amide bonds. The summed E-state index contributed by atoms with van der Waals surface area (Å²) in [4.78, 5) is 11.7. The molecule has 5 nitrogen and oxygen atoms in total. The first-order chi connectivity index (χ1) is 8.10. The first-order valence-electron chi connectivity index (χ1n) is 5.70. The second kappa shape index (κ2) is 6.61. The molecule has 0 saturated heterocycles. The van der Waals surface area contributed by atoms with Gasteiger partial charge in [-0.15, -0.1) is 0 Å². The van der Waals surface area contributed by atoms with E-state index in [-0.39, 0.29) is 17.2 Å². The van der Waals surface area contributed by atoms with Gasteiger partial charge in [0.2, 0.25) is 0 Å². The van der Waals surface area contributed by atoms with Crippen LogP contribution in [-0.4, -0.2) is 28.0 Å². The Bertz CT molecular complexity index is 420. The molecule has 1 rings (SSSR count). The Morgan fingerprint density at radius 1 is 1.65 bits per heavy atom. The third-order valence-electron chi connectivity index (χ3n) is 2.55. The zero-order valence-corrected chi connectivity index (χ0v) is 10.9. The number of aryl methyl sites for hydroxylation is 1. The first kappa shape index (κ1) is 14.0. The van der Waals surface area contributed by atoms with Crippen molar-refractivity contribution in [3.8, 4) is 0 Å². The SMILES string of the molecule is CCn1ncc(NCC(C)CCO)c(Cl)c1=O. The average Bonchev–Trinajstić information content (AvgIpc) is 2.31. The molecule has 0 aromatic carbocycles. The lowest BCUT2D eigenvalue weighted by Crippen LogP contribution is -2.24. The van der Waals surface area contributed by atoms with E-state index in [2.05, 4.69) is 10.4 Å². The molecule has 0 aliphatic carbocycles. The minimum absolute atomic E-state index is 0.159. The highest BCUT2D eigenvalue weighted by atomic mass is 35.5. The topological polar surface area (TPSA) is 67.2 Å². The summed E-state index contributed by atoms with van der Waals surface area (Å²) in [5.74, 6) is 0.310. The van der Waals surface area contributed by atoms with Crippen molar-refractivity contribution in [2.45, 2.75) is 26.8 Å². The van der Waals surface area contributed by atoms with E-state index in [1.807, 2.05) is 13.8 Å². The number of anilines is 1. The Kier molecular flexibility index (Phi) is 5.44. The van der Waals surface area contributed by atoms with Crippen LogP contribution in [0.5, 0.6) is 0 Å². The lowest BCUT2D eigenvalue weighted by molar-refractivity contribution is 0.266. The summed E-state index contributed by atoms with van der Waals surface area (Å²) in [5, 5.41) is 16.0. The highest BCUT2D eigenvalue weighted by Gasteiger charge is 2.09. The van der Waals surface area contributed by atoms with Crippen LogP contribution >= 0.6 is 11.6 Å². The van der Waals surface area contributed by atoms with Gasteiger partial charge in [-0.05, 0) is 19.3 Å². The molecule has 6 heteroatoms. The van der Waals surface area contributed by atoms with E-state index in [1.54, 1.807) is 6.20 Å². The molecule has 0 aliphatic heterocycles. The second-order valence-electron chi connectivity index (χ2n) is 3.99. The molecule has 1 unspecified atom stereocenters. The van der Waals surface area contributed by atoms with Crippen molar-refractivity contribution in [2.75, 3.05) is 18.5 Å². The molecular weight excluding hydrogens is 242 g/mol. The Morgan fingerprint density at radius 3 is 2.94 bits per heavy atom. The monoisotopic (exact) mass is 259 g/mol. The quantitative estimate of drug-likeness (QED) is 0.809. The number of hydrogen-bond donors (Lipinski definition) is 2. The summed E-state index contributed by atoms with van der Waals surface area (Å²) in [6, 6.07) is 0. The van der Waals surface area contributed by atoms with E-state index in [0.717, 1.165) is 0 Å². The number of aliphatic hydroxyl groups is 1. The fourth-order valence-electron chi connectivity index (χ4n) is 1.42. The normalized spacial score (nSPS) is 12.5. The van der Waals surface area contributed by atoms with Crippen LogP contribution in [0.2, 0.25) is 5.02 Å². The van der Waals surface area contributed by atoms with Gasteiger partial charge in [0.15, 0.2) is 0 Å². The molecule has 1 heterocycles. The molecule has 96 valence electrons. The predicted octanol–water partition coefficient (Wildman–Crippen LogP) is 1.35. The molecule has 1 aromatic heterocycles. The van der Waals surface area contributed by atoms with Crippen LogP contribution in [0.4, 0.5) is 5.69 Å². The number of hydrogen-bond acceptors (Lipinski definition) is 4. The van der Waals surface area contributed by atoms with Gasteiger partial charge in [0.25, 0.3) is 5.56 Å². The molecule has 17 heavy (non-hydrogen) atoms. The zero-order valence-electron chi connectivity index (χ0n) is 10.1. The van der Waals surface area contributed by atoms with Gasteiger partial charge < -0.3 is 10.4 Å². The van der Waals surface area contributed by atoms with Crippen LogP contribution in [0.15, 0.2) is 11.0 Å². The maximum absolute atomic E-state index is 11.7. The molecular formula is C11H18ClN3O2. The molecule has 0 saturated carbocycles. The number of halogens is 1. The largest absolute Gasteiger partial charge is 0.396 e. The molecule has 2 N–H and O–H groups in total. The minimum atomic E-state index is -0.283. The van der Waals surface area contributed by atoms with E-state index in [9.17, 15) is 4.79 Å². The lowest BCUT2D eigenvalue weighted by Gasteiger charge is -2.13. The Balaban J connectivity index is 2.73.